The van der Waals surface area contributed by atoms with Crippen LogP contribution < -0.4 is 0 Å². The van der Waals surface area contributed by atoms with Gasteiger partial charge in [0.1, 0.15) is 4.90 Å². The lowest BCUT2D eigenvalue weighted by Gasteiger charge is -2.01. The van der Waals surface area contributed by atoms with Gasteiger partial charge in [-0.05, 0) is 12.5 Å². The Labute approximate surface area is 120 Å². The summed E-state index contributed by atoms with van der Waals surface area (Å²) in [5.41, 5.74) is 0.125. The molecule has 1 aromatic carbocycles. The standard InChI is InChI=1S/C8H9NO5S.C3H8.C2H6/c1-2-6-3-4-7(15(12,13)14)5-8(6)9(10)11;1-3-2;1-2/h3-5H,2H2,1H3,(H,12,13,14);3H2,1-2H3;1-2H3. The highest BCUT2D eigenvalue weighted by atomic mass is 32.2. The molecule has 6 nitrogen and oxygen atoms in total. The summed E-state index contributed by atoms with van der Waals surface area (Å²) in [7, 11) is -4.39. The van der Waals surface area contributed by atoms with Crippen LogP contribution in [-0.4, -0.2) is 17.9 Å². The molecule has 0 spiro atoms. The van der Waals surface area contributed by atoms with Crippen molar-refractivity contribution in [1.82, 2.24) is 0 Å². The van der Waals surface area contributed by atoms with Crippen LogP contribution in [0, 0.1) is 10.1 Å². The van der Waals surface area contributed by atoms with Crippen LogP contribution in [-0.2, 0) is 16.5 Å². The molecule has 1 aromatic rings. The number of nitro benzene ring substituents is 1. The highest BCUT2D eigenvalue weighted by Crippen LogP contribution is 2.23. The number of nitrogens with zero attached hydrogens (tertiary/aromatic N) is 1. The van der Waals surface area contributed by atoms with E-state index in [9.17, 15) is 18.5 Å². The van der Waals surface area contributed by atoms with Crippen molar-refractivity contribution in [3.05, 3.63) is 33.9 Å². The quantitative estimate of drug-likeness (QED) is 0.519. The lowest BCUT2D eigenvalue weighted by Crippen LogP contribution is -2.01. The van der Waals surface area contributed by atoms with Crippen molar-refractivity contribution in [2.45, 2.75) is 52.4 Å². The number of rotatable bonds is 3. The first-order valence-electron chi connectivity index (χ1n) is 6.52. The van der Waals surface area contributed by atoms with Crippen LogP contribution in [0.1, 0.15) is 46.6 Å². The normalized spacial score (nSPS) is 9.70. The Hall–Kier alpha value is -1.47. The third-order valence-electron chi connectivity index (χ3n) is 1.93. The maximum absolute atomic E-state index is 10.7. The van der Waals surface area contributed by atoms with Gasteiger partial charge in [-0.3, -0.25) is 14.7 Å². The Morgan fingerprint density at radius 2 is 1.65 bits per heavy atom. The smallest absolute Gasteiger partial charge is 0.282 e. The van der Waals surface area contributed by atoms with Gasteiger partial charge in [-0.25, -0.2) is 0 Å². The maximum Gasteiger partial charge on any atom is 0.294 e. The van der Waals surface area contributed by atoms with Crippen LogP contribution in [0.3, 0.4) is 0 Å². The minimum Gasteiger partial charge on any atom is -0.282 e. The van der Waals surface area contributed by atoms with Gasteiger partial charge in [-0.1, -0.05) is 47.1 Å². The zero-order chi connectivity index (χ0) is 16.3. The SMILES string of the molecule is CC.CCC.CCc1ccc(S(=O)(=O)O)cc1[N+](=O)[O-]. The first-order chi connectivity index (χ1) is 9.27. The topological polar surface area (TPSA) is 97.5 Å². The fraction of sp³-hybridized carbons (Fsp3) is 0.538. The first kappa shape index (κ1) is 20.8. The largest absolute Gasteiger partial charge is 0.294 e. The van der Waals surface area contributed by atoms with E-state index in [2.05, 4.69) is 13.8 Å². The van der Waals surface area contributed by atoms with Crippen LogP contribution >= 0.6 is 0 Å². The second-order valence-corrected chi connectivity index (χ2v) is 5.00. The molecular weight excluding hydrogens is 282 g/mol. The molecule has 0 radical (unpaired) electrons. The summed E-state index contributed by atoms with van der Waals surface area (Å²) in [6.45, 7) is 9.97. The van der Waals surface area contributed by atoms with E-state index in [1.54, 1.807) is 6.92 Å². The minimum absolute atomic E-state index is 0.298. The molecule has 0 unspecified atom stereocenters. The first-order valence-corrected chi connectivity index (χ1v) is 7.96. The van der Waals surface area contributed by atoms with Gasteiger partial charge in [-0.15, -0.1) is 0 Å². The number of aryl methyl sites for hydroxylation is 1. The van der Waals surface area contributed by atoms with Crippen molar-refractivity contribution < 1.29 is 17.9 Å². The Balaban J connectivity index is 0. The predicted octanol–water partition coefficient (Wildman–Crippen LogP) is 3.85. The van der Waals surface area contributed by atoms with Crippen LogP contribution in [0.15, 0.2) is 23.1 Å². The molecule has 0 aliphatic carbocycles. The number of hydrogen-bond acceptors (Lipinski definition) is 4. The van der Waals surface area contributed by atoms with Crippen molar-refractivity contribution in [1.29, 1.82) is 0 Å². The molecule has 1 N–H and O–H groups in total. The summed E-state index contributed by atoms with van der Waals surface area (Å²) in [4.78, 5) is 9.45. The molecule has 116 valence electrons. The van der Waals surface area contributed by atoms with Gasteiger partial charge in [0.25, 0.3) is 15.8 Å². The highest BCUT2D eigenvalue weighted by molar-refractivity contribution is 7.85. The molecule has 0 saturated carbocycles. The minimum atomic E-state index is -4.39. The fourth-order valence-electron chi connectivity index (χ4n) is 1.17. The average Bonchev–Trinajstić information content (AvgIpc) is 2.40. The Morgan fingerprint density at radius 1 is 1.20 bits per heavy atom. The average molecular weight is 305 g/mol. The zero-order valence-corrected chi connectivity index (χ0v) is 13.4. The van der Waals surface area contributed by atoms with Gasteiger partial charge in [0.2, 0.25) is 0 Å². The van der Waals surface area contributed by atoms with Crippen molar-refractivity contribution in [2.75, 3.05) is 0 Å². The lowest BCUT2D eigenvalue weighted by molar-refractivity contribution is -0.385. The molecular formula is C13H23NO5S. The van der Waals surface area contributed by atoms with E-state index >= 15 is 0 Å². The van der Waals surface area contributed by atoms with Crippen molar-refractivity contribution in [3.8, 4) is 0 Å². The zero-order valence-electron chi connectivity index (χ0n) is 12.6. The molecule has 0 amide bonds. The number of hydrogen-bond donors (Lipinski definition) is 1. The van der Waals surface area contributed by atoms with E-state index in [1.807, 2.05) is 13.8 Å². The highest BCUT2D eigenvalue weighted by Gasteiger charge is 2.18. The van der Waals surface area contributed by atoms with E-state index in [0.717, 1.165) is 12.1 Å². The second-order valence-electron chi connectivity index (χ2n) is 3.58. The van der Waals surface area contributed by atoms with Gasteiger partial charge < -0.3 is 0 Å². The molecule has 0 fully saturated rings. The molecule has 7 heteroatoms. The van der Waals surface area contributed by atoms with Gasteiger partial charge in [0.15, 0.2) is 0 Å². The monoisotopic (exact) mass is 305 g/mol. The number of nitro groups is 1. The van der Waals surface area contributed by atoms with Crippen molar-refractivity contribution in [2.24, 2.45) is 0 Å². The van der Waals surface area contributed by atoms with E-state index < -0.39 is 19.9 Å². The molecule has 0 bridgehead atoms. The van der Waals surface area contributed by atoms with Gasteiger partial charge in [-0.2, -0.15) is 8.42 Å². The fourth-order valence-corrected chi connectivity index (χ4v) is 1.67. The summed E-state index contributed by atoms with van der Waals surface area (Å²) in [6.07, 6.45) is 1.67. The number of benzene rings is 1. The maximum atomic E-state index is 10.7. The van der Waals surface area contributed by atoms with Gasteiger partial charge >= 0.3 is 0 Å². The summed E-state index contributed by atoms with van der Waals surface area (Å²) in [5.74, 6) is 0. The molecule has 0 aliphatic heterocycles. The van der Waals surface area contributed by atoms with Crippen molar-refractivity contribution in [3.63, 3.8) is 0 Å². The van der Waals surface area contributed by atoms with E-state index in [4.69, 9.17) is 4.55 Å². The Kier molecular flexibility index (Phi) is 10.8. The van der Waals surface area contributed by atoms with Gasteiger partial charge in [0, 0.05) is 11.6 Å². The molecule has 0 saturated heterocycles. The van der Waals surface area contributed by atoms with Gasteiger partial charge in [0.05, 0.1) is 4.92 Å². The van der Waals surface area contributed by atoms with Crippen LogP contribution in [0.25, 0.3) is 0 Å². The van der Waals surface area contributed by atoms with E-state index in [0.29, 0.717) is 12.0 Å². The molecule has 20 heavy (non-hydrogen) atoms. The summed E-state index contributed by atoms with van der Waals surface area (Å²) < 4.78 is 30.2. The van der Waals surface area contributed by atoms with Crippen LogP contribution in [0.4, 0.5) is 5.69 Å². The predicted molar refractivity (Wildman–Crippen MR) is 79.6 cm³/mol. The molecule has 0 atom stereocenters. The summed E-state index contributed by atoms with van der Waals surface area (Å²) >= 11 is 0. The Bertz CT molecular complexity index is 511. The lowest BCUT2D eigenvalue weighted by atomic mass is 10.1. The van der Waals surface area contributed by atoms with Crippen LogP contribution in [0.2, 0.25) is 0 Å². The molecule has 0 heterocycles. The van der Waals surface area contributed by atoms with Crippen molar-refractivity contribution >= 4 is 15.8 Å². The summed E-state index contributed by atoms with van der Waals surface area (Å²) in [5, 5.41) is 10.6. The third kappa shape index (κ3) is 7.20. The Morgan fingerprint density at radius 3 is 1.95 bits per heavy atom. The summed E-state index contributed by atoms with van der Waals surface area (Å²) in [6, 6.07) is 3.32. The second kappa shape index (κ2) is 10.3. The van der Waals surface area contributed by atoms with E-state index in [-0.39, 0.29) is 5.69 Å². The van der Waals surface area contributed by atoms with Crippen LogP contribution in [0.5, 0.6) is 0 Å². The van der Waals surface area contributed by atoms with E-state index in [1.165, 1.54) is 12.5 Å². The molecule has 0 aromatic heterocycles. The molecule has 0 aliphatic rings. The molecule has 1 rings (SSSR count). The third-order valence-corrected chi connectivity index (χ3v) is 2.78.